The average molecular weight is 264 g/mol. The fourth-order valence-corrected chi connectivity index (χ4v) is 2.50. The first-order chi connectivity index (χ1) is 7.82. The average Bonchev–Trinajstić information content (AvgIpc) is 2.55. The van der Waals surface area contributed by atoms with Gasteiger partial charge in [0.1, 0.15) is 4.88 Å². The van der Waals surface area contributed by atoms with Crippen LogP contribution in [0.5, 0.6) is 0 Å². The zero-order chi connectivity index (χ0) is 12.8. The van der Waals surface area contributed by atoms with Crippen molar-refractivity contribution in [1.29, 1.82) is 0 Å². The molecule has 2 rings (SSSR count). The van der Waals surface area contributed by atoms with Crippen LogP contribution in [0.4, 0.5) is 17.6 Å². The molecule has 90 valence electrons. The van der Waals surface area contributed by atoms with Crippen molar-refractivity contribution >= 4 is 27.4 Å². The van der Waals surface area contributed by atoms with Gasteiger partial charge in [-0.25, -0.2) is 9.18 Å². The Morgan fingerprint density at radius 3 is 2.47 bits per heavy atom. The zero-order valence-corrected chi connectivity index (χ0v) is 8.82. The Kier molecular flexibility index (Phi) is 2.57. The molecule has 0 unspecified atom stereocenters. The summed E-state index contributed by atoms with van der Waals surface area (Å²) in [6.45, 7) is 0. The van der Waals surface area contributed by atoms with Crippen LogP contribution in [0.1, 0.15) is 15.2 Å². The minimum atomic E-state index is -4.63. The lowest BCUT2D eigenvalue weighted by Gasteiger charge is -2.06. The molecule has 2 nitrogen and oxygen atoms in total. The summed E-state index contributed by atoms with van der Waals surface area (Å²) in [5.41, 5.74) is -1.02. The van der Waals surface area contributed by atoms with Gasteiger partial charge in [0.15, 0.2) is 5.82 Å². The number of rotatable bonds is 1. The zero-order valence-electron chi connectivity index (χ0n) is 8.01. The summed E-state index contributed by atoms with van der Waals surface area (Å²) in [7, 11) is 0. The van der Waals surface area contributed by atoms with Crippen LogP contribution >= 0.6 is 11.3 Å². The van der Waals surface area contributed by atoms with Gasteiger partial charge in [-0.1, -0.05) is 12.1 Å². The summed E-state index contributed by atoms with van der Waals surface area (Å²) in [4.78, 5) is 9.93. The number of carboxylic acid groups (broad SMARTS) is 1. The van der Waals surface area contributed by atoms with Crippen LogP contribution in [0, 0.1) is 5.82 Å². The third-order valence-electron chi connectivity index (χ3n) is 2.15. The van der Waals surface area contributed by atoms with E-state index >= 15 is 0 Å². The van der Waals surface area contributed by atoms with E-state index in [4.69, 9.17) is 5.11 Å². The summed E-state index contributed by atoms with van der Waals surface area (Å²) >= 11 is 0.291. The van der Waals surface area contributed by atoms with Crippen molar-refractivity contribution in [3.63, 3.8) is 0 Å². The topological polar surface area (TPSA) is 37.3 Å². The summed E-state index contributed by atoms with van der Waals surface area (Å²) in [5.74, 6) is -2.69. The van der Waals surface area contributed by atoms with Crippen LogP contribution in [0.2, 0.25) is 0 Å². The Labute approximate surface area is 96.1 Å². The Morgan fingerprint density at radius 2 is 1.94 bits per heavy atom. The maximum atomic E-state index is 13.5. The highest BCUT2D eigenvalue weighted by Crippen LogP contribution is 2.40. The lowest BCUT2D eigenvalue weighted by atomic mass is 10.1. The van der Waals surface area contributed by atoms with Crippen molar-refractivity contribution in [3.05, 3.63) is 34.5 Å². The van der Waals surface area contributed by atoms with Gasteiger partial charge in [-0.15, -0.1) is 11.3 Å². The maximum Gasteiger partial charge on any atom is 0.417 e. The third-order valence-corrected chi connectivity index (χ3v) is 3.36. The standard InChI is InChI=1S/C10H4F4O2S/c11-6-4-2-1-3-5(10(12,13)14)7(4)17-8(6)9(15)16/h1-3H,(H,15,16). The van der Waals surface area contributed by atoms with Gasteiger partial charge < -0.3 is 5.11 Å². The molecule has 17 heavy (non-hydrogen) atoms. The largest absolute Gasteiger partial charge is 0.477 e. The normalized spacial score (nSPS) is 12.0. The van der Waals surface area contributed by atoms with E-state index in [1.807, 2.05) is 0 Å². The molecule has 0 spiro atoms. The lowest BCUT2D eigenvalue weighted by Crippen LogP contribution is -2.04. The van der Waals surface area contributed by atoms with Crippen LogP contribution in [-0.4, -0.2) is 11.1 Å². The Balaban J connectivity index is 2.83. The molecule has 2 aromatic rings. The van der Waals surface area contributed by atoms with Crippen molar-refractivity contribution in [1.82, 2.24) is 0 Å². The molecule has 1 aromatic carbocycles. The minimum Gasteiger partial charge on any atom is -0.477 e. The fraction of sp³-hybridized carbons (Fsp3) is 0.100. The number of alkyl halides is 3. The number of aromatic carboxylic acids is 1. The van der Waals surface area contributed by atoms with Crippen molar-refractivity contribution in [3.8, 4) is 0 Å². The molecule has 0 saturated heterocycles. The first-order valence-corrected chi connectivity index (χ1v) is 5.15. The highest BCUT2D eigenvalue weighted by Gasteiger charge is 2.34. The Morgan fingerprint density at radius 1 is 1.29 bits per heavy atom. The number of carboxylic acids is 1. The number of hydrogen-bond acceptors (Lipinski definition) is 2. The van der Waals surface area contributed by atoms with E-state index in [9.17, 15) is 22.4 Å². The Hall–Kier alpha value is -1.63. The van der Waals surface area contributed by atoms with Crippen molar-refractivity contribution in [2.75, 3.05) is 0 Å². The summed E-state index contributed by atoms with van der Waals surface area (Å²) in [6.07, 6.45) is -4.63. The number of benzene rings is 1. The van der Waals surface area contributed by atoms with Gasteiger partial charge in [0.2, 0.25) is 0 Å². The predicted molar refractivity (Wildman–Crippen MR) is 53.7 cm³/mol. The number of halogens is 4. The van der Waals surface area contributed by atoms with Gasteiger partial charge in [0, 0.05) is 5.39 Å². The van der Waals surface area contributed by atoms with Gasteiger partial charge in [-0.05, 0) is 6.07 Å². The maximum absolute atomic E-state index is 13.5. The first-order valence-electron chi connectivity index (χ1n) is 4.34. The summed E-state index contributed by atoms with van der Waals surface area (Å²) in [6, 6.07) is 2.97. The van der Waals surface area contributed by atoms with Crippen molar-refractivity contribution in [2.24, 2.45) is 0 Å². The number of fused-ring (bicyclic) bond motifs is 1. The Bertz CT molecular complexity index is 600. The molecule has 0 saturated carbocycles. The third kappa shape index (κ3) is 1.86. The van der Waals surface area contributed by atoms with E-state index in [-0.39, 0.29) is 5.39 Å². The second-order valence-electron chi connectivity index (χ2n) is 3.23. The monoisotopic (exact) mass is 264 g/mol. The van der Waals surface area contributed by atoms with Crippen LogP contribution in [0.3, 0.4) is 0 Å². The molecule has 0 radical (unpaired) electrons. The van der Waals surface area contributed by atoms with E-state index in [1.54, 1.807) is 0 Å². The smallest absolute Gasteiger partial charge is 0.417 e. The molecule has 0 aliphatic rings. The molecule has 0 fully saturated rings. The molecular weight excluding hydrogens is 260 g/mol. The molecular formula is C10H4F4O2S. The van der Waals surface area contributed by atoms with E-state index in [0.29, 0.717) is 11.3 Å². The minimum absolute atomic E-state index is 0.291. The molecule has 0 atom stereocenters. The quantitative estimate of drug-likeness (QED) is 0.796. The molecule has 1 aromatic heterocycles. The second kappa shape index (κ2) is 3.69. The summed E-state index contributed by atoms with van der Waals surface area (Å²) in [5, 5.41) is 8.33. The molecule has 0 aliphatic carbocycles. The van der Waals surface area contributed by atoms with E-state index in [1.165, 1.54) is 0 Å². The SMILES string of the molecule is O=C(O)c1sc2c(C(F)(F)F)cccc2c1F. The van der Waals surface area contributed by atoms with Gasteiger partial charge in [0.25, 0.3) is 0 Å². The van der Waals surface area contributed by atoms with E-state index in [0.717, 1.165) is 18.2 Å². The highest BCUT2D eigenvalue weighted by atomic mass is 32.1. The van der Waals surface area contributed by atoms with Gasteiger partial charge in [-0.3, -0.25) is 0 Å². The van der Waals surface area contributed by atoms with Crippen LogP contribution in [-0.2, 0) is 6.18 Å². The van der Waals surface area contributed by atoms with Crippen molar-refractivity contribution < 1.29 is 27.5 Å². The van der Waals surface area contributed by atoms with Crippen LogP contribution in [0.25, 0.3) is 10.1 Å². The predicted octanol–water partition coefficient (Wildman–Crippen LogP) is 3.76. The molecule has 0 bridgehead atoms. The number of carbonyl (C=O) groups is 1. The molecule has 0 aliphatic heterocycles. The van der Waals surface area contributed by atoms with E-state index in [2.05, 4.69) is 0 Å². The lowest BCUT2D eigenvalue weighted by molar-refractivity contribution is -0.136. The van der Waals surface area contributed by atoms with Crippen molar-refractivity contribution in [2.45, 2.75) is 6.18 Å². The molecule has 1 N–H and O–H groups in total. The van der Waals surface area contributed by atoms with Gasteiger partial charge >= 0.3 is 12.1 Å². The van der Waals surface area contributed by atoms with Gasteiger partial charge in [-0.2, -0.15) is 13.2 Å². The first kappa shape index (κ1) is 11.8. The van der Waals surface area contributed by atoms with Crippen LogP contribution < -0.4 is 0 Å². The highest BCUT2D eigenvalue weighted by molar-refractivity contribution is 7.21. The summed E-state index contributed by atoms with van der Waals surface area (Å²) < 4.78 is 50.9. The second-order valence-corrected chi connectivity index (χ2v) is 4.25. The fourth-order valence-electron chi connectivity index (χ4n) is 1.45. The number of hydrogen-bond donors (Lipinski definition) is 1. The van der Waals surface area contributed by atoms with Crippen LogP contribution in [0.15, 0.2) is 18.2 Å². The molecule has 7 heteroatoms. The molecule has 1 heterocycles. The molecule has 0 amide bonds. The van der Waals surface area contributed by atoms with E-state index < -0.39 is 33.1 Å². The van der Waals surface area contributed by atoms with Gasteiger partial charge in [0.05, 0.1) is 10.3 Å². The number of thiophene rings is 1.